The highest BCUT2D eigenvalue weighted by Crippen LogP contribution is 2.09. The van der Waals surface area contributed by atoms with Crippen LogP contribution in [0, 0.1) is 18.0 Å². The van der Waals surface area contributed by atoms with Crippen LogP contribution in [0.2, 0.25) is 0 Å². The summed E-state index contributed by atoms with van der Waals surface area (Å²) in [7, 11) is 0. The number of hydrogen-bond donors (Lipinski definition) is 0. The summed E-state index contributed by atoms with van der Waals surface area (Å²) in [5, 5.41) is 3.30. The van der Waals surface area contributed by atoms with Crippen molar-refractivity contribution in [1.29, 1.82) is 0 Å². The largest absolute Gasteiger partial charge is 0.244 e. The smallest absolute Gasteiger partial charge is 0.203 e. The molecule has 1 radical (unpaired) electrons. The predicted octanol–water partition coefficient (Wildman–Crippen LogP) is 1.95. The lowest BCUT2D eigenvalue weighted by atomic mass is 10.3. The Labute approximate surface area is 73.4 Å². The summed E-state index contributed by atoms with van der Waals surface area (Å²) in [6.07, 6.45) is 0. The van der Waals surface area contributed by atoms with Crippen LogP contribution in [0.3, 0.4) is 0 Å². The molecule has 2 nitrogen and oxygen atoms in total. The van der Waals surface area contributed by atoms with Gasteiger partial charge in [-0.3, -0.25) is 0 Å². The van der Waals surface area contributed by atoms with E-state index in [0.29, 0.717) is 5.69 Å². The molecule has 0 saturated heterocycles. The van der Waals surface area contributed by atoms with Gasteiger partial charge in [-0.25, -0.2) is 4.68 Å². The minimum absolute atomic E-state index is 0.472. The first kappa shape index (κ1) is 7.91. The number of nitrogens with zero attached hydrogens (tertiary/aromatic N) is 2. The molecule has 0 N–H and O–H groups in total. The van der Waals surface area contributed by atoms with Crippen molar-refractivity contribution in [2.45, 2.75) is 0 Å². The van der Waals surface area contributed by atoms with Crippen LogP contribution in [0.5, 0.6) is 0 Å². The van der Waals surface area contributed by atoms with Crippen molar-refractivity contribution in [3.05, 3.63) is 48.3 Å². The van der Waals surface area contributed by atoms with Crippen molar-refractivity contribution in [3.8, 4) is 5.69 Å². The first-order valence-corrected chi connectivity index (χ1v) is 3.66. The van der Waals surface area contributed by atoms with Gasteiger partial charge in [-0.2, -0.15) is 8.78 Å². The Morgan fingerprint density at radius 1 is 1.15 bits per heavy atom. The average molecular weight is 179 g/mol. The summed E-state index contributed by atoms with van der Waals surface area (Å²) in [5.74, 6) is -1.77. The second-order valence-electron chi connectivity index (χ2n) is 2.45. The number of hydrogen-bond acceptors (Lipinski definition) is 1. The molecular formula is C9H5F2N2. The predicted molar refractivity (Wildman–Crippen MR) is 42.3 cm³/mol. The minimum Gasteiger partial charge on any atom is -0.203 e. The molecule has 1 aromatic carbocycles. The number of benzene rings is 1. The number of halogens is 2. The lowest BCUT2D eigenvalue weighted by Crippen LogP contribution is -1.98. The molecule has 1 heterocycles. The summed E-state index contributed by atoms with van der Waals surface area (Å²) in [6.45, 7) is 0. The number of rotatable bonds is 1. The van der Waals surface area contributed by atoms with E-state index in [2.05, 4.69) is 5.10 Å². The SMILES string of the molecule is Fc1[c]c(F)n(-c2ccccc2)n1. The summed E-state index contributed by atoms with van der Waals surface area (Å²) in [4.78, 5) is 0. The Balaban J connectivity index is 2.53. The highest BCUT2D eigenvalue weighted by Gasteiger charge is 2.08. The van der Waals surface area contributed by atoms with Crippen molar-refractivity contribution in [2.24, 2.45) is 0 Å². The highest BCUT2D eigenvalue weighted by atomic mass is 19.1. The summed E-state index contributed by atoms with van der Waals surface area (Å²) in [5.41, 5.74) is 0.472. The van der Waals surface area contributed by atoms with Crippen LogP contribution in [0.15, 0.2) is 30.3 Å². The van der Waals surface area contributed by atoms with Crippen LogP contribution in [0.25, 0.3) is 5.69 Å². The monoisotopic (exact) mass is 179 g/mol. The van der Waals surface area contributed by atoms with Gasteiger partial charge in [0.15, 0.2) is 0 Å². The van der Waals surface area contributed by atoms with Crippen LogP contribution in [0.4, 0.5) is 8.78 Å². The Morgan fingerprint density at radius 2 is 1.85 bits per heavy atom. The van der Waals surface area contributed by atoms with Crippen molar-refractivity contribution < 1.29 is 8.78 Å². The van der Waals surface area contributed by atoms with Gasteiger partial charge < -0.3 is 0 Å². The molecule has 0 aliphatic rings. The zero-order valence-corrected chi connectivity index (χ0v) is 6.54. The van der Waals surface area contributed by atoms with E-state index in [4.69, 9.17) is 0 Å². The molecule has 0 aliphatic carbocycles. The molecular weight excluding hydrogens is 174 g/mol. The zero-order chi connectivity index (χ0) is 9.26. The normalized spacial score (nSPS) is 10.3. The maximum absolute atomic E-state index is 12.9. The van der Waals surface area contributed by atoms with Crippen LogP contribution in [-0.4, -0.2) is 9.78 Å². The van der Waals surface area contributed by atoms with Gasteiger partial charge in [0, 0.05) is 0 Å². The molecule has 2 aromatic rings. The van der Waals surface area contributed by atoms with Crippen LogP contribution >= 0.6 is 0 Å². The average Bonchev–Trinajstić information content (AvgIpc) is 2.47. The molecule has 0 amide bonds. The molecule has 2 rings (SSSR count). The van der Waals surface area contributed by atoms with Crippen LogP contribution < -0.4 is 0 Å². The van der Waals surface area contributed by atoms with Crippen molar-refractivity contribution in [3.63, 3.8) is 0 Å². The van der Waals surface area contributed by atoms with Crippen molar-refractivity contribution in [2.75, 3.05) is 0 Å². The fourth-order valence-corrected chi connectivity index (χ4v) is 1.04. The lowest BCUT2D eigenvalue weighted by molar-refractivity contribution is 0.526. The van der Waals surface area contributed by atoms with Crippen molar-refractivity contribution in [1.82, 2.24) is 9.78 Å². The molecule has 0 fully saturated rings. The molecule has 0 saturated carbocycles. The first-order valence-electron chi connectivity index (χ1n) is 3.66. The number of para-hydroxylation sites is 1. The van der Waals surface area contributed by atoms with E-state index in [0.717, 1.165) is 4.68 Å². The molecule has 0 spiro atoms. The van der Waals surface area contributed by atoms with Gasteiger partial charge in [0.25, 0.3) is 0 Å². The fraction of sp³-hybridized carbons (Fsp3) is 0. The van der Waals surface area contributed by atoms with E-state index in [1.165, 1.54) is 0 Å². The van der Waals surface area contributed by atoms with Crippen molar-refractivity contribution >= 4 is 0 Å². The first-order chi connectivity index (χ1) is 6.27. The molecule has 13 heavy (non-hydrogen) atoms. The summed E-state index contributed by atoms with van der Waals surface area (Å²) >= 11 is 0. The van der Waals surface area contributed by atoms with Gasteiger partial charge in [-0.1, -0.05) is 18.2 Å². The lowest BCUT2D eigenvalue weighted by Gasteiger charge is -1.99. The second-order valence-corrected chi connectivity index (χ2v) is 2.45. The minimum atomic E-state index is -0.943. The third-order valence-electron chi connectivity index (χ3n) is 1.58. The van der Waals surface area contributed by atoms with Gasteiger partial charge in [0.05, 0.1) is 5.69 Å². The van der Waals surface area contributed by atoms with E-state index in [9.17, 15) is 8.78 Å². The maximum Gasteiger partial charge on any atom is 0.244 e. The third-order valence-corrected chi connectivity index (χ3v) is 1.58. The fourth-order valence-electron chi connectivity index (χ4n) is 1.04. The Morgan fingerprint density at radius 3 is 2.38 bits per heavy atom. The van der Waals surface area contributed by atoms with Gasteiger partial charge in [-0.05, 0) is 12.1 Å². The van der Waals surface area contributed by atoms with Crippen LogP contribution in [0.1, 0.15) is 0 Å². The maximum atomic E-state index is 12.9. The third kappa shape index (κ3) is 1.42. The number of aromatic nitrogens is 2. The zero-order valence-electron chi connectivity index (χ0n) is 6.54. The quantitative estimate of drug-likeness (QED) is 0.654. The summed E-state index contributed by atoms with van der Waals surface area (Å²) in [6, 6.07) is 10.3. The highest BCUT2D eigenvalue weighted by molar-refractivity contribution is 5.29. The molecule has 0 aliphatic heterocycles. The van der Waals surface area contributed by atoms with E-state index in [-0.39, 0.29) is 0 Å². The van der Waals surface area contributed by atoms with E-state index in [1.807, 2.05) is 6.07 Å². The summed E-state index contributed by atoms with van der Waals surface area (Å²) < 4.78 is 26.2. The molecule has 1 aromatic heterocycles. The van der Waals surface area contributed by atoms with Gasteiger partial charge in [0.2, 0.25) is 11.9 Å². The topological polar surface area (TPSA) is 17.8 Å². The molecule has 0 unspecified atom stereocenters. The standard InChI is InChI=1S/C9H5F2N2/c10-8-6-9(11)13(12-8)7-4-2-1-3-5-7/h1-5H. The second kappa shape index (κ2) is 2.97. The Kier molecular flexibility index (Phi) is 1.81. The molecule has 0 atom stereocenters. The van der Waals surface area contributed by atoms with E-state index in [1.54, 1.807) is 30.3 Å². The Bertz CT molecular complexity index is 409. The Hall–Kier alpha value is -1.71. The molecule has 4 heteroatoms. The van der Waals surface area contributed by atoms with E-state index >= 15 is 0 Å². The van der Waals surface area contributed by atoms with Gasteiger partial charge in [-0.15, -0.1) is 5.10 Å². The van der Waals surface area contributed by atoms with Gasteiger partial charge in [0.1, 0.15) is 6.07 Å². The molecule has 65 valence electrons. The van der Waals surface area contributed by atoms with Gasteiger partial charge >= 0.3 is 0 Å². The molecule has 0 bridgehead atoms. The van der Waals surface area contributed by atoms with Crippen LogP contribution in [-0.2, 0) is 0 Å². The van der Waals surface area contributed by atoms with E-state index < -0.39 is 11.9 Å².